The van der Waals surface area contributed by atoms with Crippen molar-refractivity contribution in [3.8, 4) is 5.75 Å². The molecule has 63 heavy (non-hydrogen) atoms. The number of amides is 2. The van der Waals surface area contributed by atoms with Crippen LogP contribution in [0.15, 0.2) is 66.7 Å². The number of methoxy groups -OCH3 is 2. The van der Waals surface area contributed by atoms with Crippen LogP contribution in [0, 0.1) is 13.8 Å². The van der Waals surface area contributed by atoms with Gasteiger partial charge in [0.1, 0.15) is 22.7 Å². The Morgan fingerprint density at radius 3 is 1.59 bits per heavy atom. The highest BCUT2D eigenvalue weighted by Crippen LogP contribution is 2.34. The fraction of sp³-hybridized carbons (Fsp3) is 0.489. The topological polar surface area (TPSA) is 180 Å². The molecule has 0 unspecified atom stereocenters. The number of hydrogen-bond donors (Lipinski definition) is 0. The largest absolute Gasteiger partial charge is 0.467 e. The van der Waals surface area contributed by atoms with Gasteiger partial charge in [0, 0.05) is 32.2 Å². The number of hydrogen-bond acceptors (Lipinski definition) is 14. The zero-order chi connectivity index (χ0) is 46.1. The average Bonchev–Trinajstić information content (AvgIpc) is 3.76. The number of anilines is 2. The van der Waals surface area contributed by atoms with E-state index < -0.39 is 47.4 Å². The Balaban J connectivity index is 0.000000239. The lowest BCUT2D eigenvalue weighted by atomic mass is 10.1. The molecule has 2 aliphatic heterocycles. The number of rotatable bonds is 10. The van der Waals surface area contributed by atoms with Crippen molar-refractivity contribution >= 4 is 42.2 Å². The molecule has 2 saturated heterocycles. The van der Waals surface area contributed by atoms with Crippen molar-refractivity contribution in [2.45, 2.75) is 91.8 Å². The first kappa shape index (κ1) is 47.5. The first-order valence-electron chi connectivity index (χ1n) is 20.8. The molecule has 18 nitrogen and oxygen atoms in total. The molecule has 4 heterocycles. The number of aromatic nitrogens is 4. The molecule has 2 atom stereocenters. The van der Waals surface area contributed by atoms with E-state index in [1.165, 1.54) is 24.0 Å². The third kappa shape index (κ3) is 12.5. The fourth-order valence-corrected chi connectivity index (χ4v) is 7.29. The highest BCUT2D eigenvalue weighted by atomic mass is 16.6. The zero-order valence-corrected chi connectivity index (χ0v) is 37.9. The molecular weight excluding hydrogens is 813 g/mol. The highest BCUT2D eigenvalue weighted by Gasteiger charge is 2.41. The van der Waals surface area contributed by atoms with E-state index in [9.17, 15) is 24.0 Å². The summed E-state index contributed by atoms with van der Waals surface area (Å²) in [6.45, 7) is 17.8. The monoisotopic (exact) mass is 872 g/mol. The van der Waals surface area contributed by atoms with Crippen LogP contribution in [0.2, 0.25) is 0 Å². The maximum atomic E-state index is 12.8. The zero-order valence-electron chi connectivity index (χ0n) is 37.9. The number of aryl methyl sites for hydroxylation is 2. The number of nitrogens with zero attached hydrogens (tertiary/aromatic N) is 8. The third-order valence-electron chi connectivity index (χ3n) is 10.0. The molecule has 2 aromatic heterocycles. The van der Waals surface area contributed by atoms with Crippen LogP contribution in [0.3, 0.4) is 0 Å². The quantitative estimate of drug-likeness (QED) is 0.115. The van der Waals surface area contributed by atoms with Crippen molar-refractivity contribution in [3.05, 3.63) is 89.2 Å². The summed E-state index contributed by atoms with van der Waals surface area (Å²) in [7, 11) is 2.61. The van der Waals surface area contributed by atoms with Crippen LogP contribution in [0.1, 0.15) is 64.1 Å². The summed E-state index contributed by atoms with van der Waals surface area (Å²) < 4.78 is 29.9. The van der Waals surface area contributed by atoms with Gasteiger partial charge in [0.05, 0.1) is 46.1 Å². The highest BCUT2D eigenvalue weighted by molar-refractivity contribution is 5.84. The van der Waals surface area contributed by atoms with Gasteiger partial charge in [-0.2, -0.15) is 10.2 Å². The van der Waals surface area contributed by atoms with Crippen LogP contribution in [0.5, 0.6) is 5.75 Å². The normalized spacial score (nSPS) is 16.7. The second-order valence-corrected chi connectivity index (χ2v) is 17.2. The van der Waals surface area contributed by atoms with Crippen molar-refractivity contribution < 1.29 is 47.7 Å². The Morgan fingerprint density at radius 1 is 0.667 bits per heavy atom. The van der Waals surface area contributed by atoms with Crippen molar-refractivity contribution in [1.29, 1.82) is 0 Å². The summed E-state index contributed by atoms with van der Waals surface area (Å²) in [5.74, 6) is 0.760. The van der Waals surface area contributed by atoms with E-state index in [0.29, 0.717) is 63.0 Å². The van der Waals surface area contributed by atoms with Gasteiger partial charge in [-0.15, -0.1) is 0 Å². The molecule has 2 fully saturated rings. The molecule has 2 aromatic carbocycles. The van der Waals surface area contributed by atoms with Gasteiger partial charge in [0.15, 0.2) is 23.7 Å². The van der Waals surface area contributed by atoms with E-state index >= 15 is 0 Å². The SMILES string of the molecule is COC(=O)[C@@H]1CN(c2c(OC=O)c(C)nn2Cc2ccccc2)CCN1C(=O)OC(C)(C)C.COC(=O)[C@@H]1CN(c2cc(C)nn2Cc2ccccc2)CCN1C(=O)OC(C)(C)C. The number of carbonyl (C=O) groups excluding carboxylic acids is 5. The molecule has 0 saturated carbocycles. The number of piperazine rings is 2. The van der Waals surface area contributed by atoms with E-state index in [-0.39, 0.29) is 13.1 Å². The maximum Gasteiger partial charge on any atom is 0.411 e. The van der Waals surface area contributed by atoms with Crippen molar-refractivity contribution in [1.82, 2.24) is 29.4 Å². The van der Waals surface area contributed by atoms with Crippen molar-refractivity contribution in [2.75, 3.05) is 63.3 Å². The van der Waals surface area contributed by atoms with E-state index in [4.69, 9.17) is 23.7 Å². The van der Waals surface area contributed by atoms with Gasteiger partial charge in [-0.05, 0) is 66.5 Å². The van der Waals surface area contributed by atoms with E-state index in [1.807, 2.05) is 71.1 Å². The molecule has 18 heteroatoms. The fourth-order valence-electron chi connectivity index (χ4n) is 7.29. The molecule has 0 aliphatic carbocycles. The summed E-state index contributed by atoms with van der Waals surface area (Å²) in [5.41, 5.74) is 2.24. The van der Waals surface area contributed by atoms with Gasteiger partial charge in [-0.25, -0.2) is 28.5 Å². The minimum absolute atomic E-state index is 0.126. The standard InChI is InChI=1S/C23H30N4O6.C22H30N4O4/c1-16-19(32-15-28)20(27(24-16)13-17-9-7-6-8-10-17)25-11-12-26(18(14-25)21(29)31-5)22(30)33-23(2,3)4;1-16-13-19(26(23-16)14-17-9-7-6-8-10-17)24-11-12-25(18(15-24)20(27)29-5)21(28)30-22(2,3)4/h6-10,15,18H,11-14H2,1-5H3;6-10,13,18H,11-12,14-15H2,1-5H3/t2*18-/m00/s1. The number of carbonyl (C=O) groups is 5. The van der Waals surface area contributed by atoms with Crippen LogP contribution >= 0.6 is 0 Å². The minimum Gasteiger partial charge on any atom is -0.467 e. The third-order valence-corrected chi connectivity index (χ3v) is 10.0. The van der Waals surface area contributed by atoms with Gasteiger partial charge in [-0.3, -0.25) is 14.6 Å². The molecular formula is C45H60N8O10. The number of ether oxygens (including phenoxy) is 5. The summed E-state index contributed by atoms with van der Waals surface area (Å²) in [6.07, 6.45) is -1.09. The summed E-state index contributed by atoms with van der Waals surface area (Å²) in [6, 6.07) is 20.2. The Morgan fingerprint density at radius 2 is 1.13 bits per heavy atom. The summed E-state index contributed by atoms with van der Waals surface area (Å²) in [5, 5.41) is 9.19. The summed E-state index contributed by atoms with van der Waals surface area (Å²) in [4.78, 5) is 68.5. The second-order valence-electron chi connectivity index (χ2n) is 17.2. The first-order chi connectivity index (χ1) is 29.8. The lowest BCUT2D eigenvalue weighted by Crippen LogP contribution is -2.59. The smallest absolute Gasteiger partial charge is 0.411 e. The number of esters is 2. The van der Waals surface area contributed by atoms with Crippen LogP contribution < -0.4 is 14.5 Å². The van der Waals surface area contributed by atoms with Gasteiger partial charge in [-0.1, -0.05) is 60.7 Å². The van der Waals surface area contributed by atoms with Gasteiger partial charge in [0.2, 0.25) is 0 Å². The van der Waals surface area contributed by atoms with Crippen LogP contribution in [-0.4, -0.2) is 137 Å². The lowest BCUT2D eigenvalue weighted by molar-refractivity contribution is -0.147. The molecule has 2 aliphatic rings. The molecule has 0 spiro atoms. The summed E-state index contributed by atoms with van der Waals surface area (Å²) >= 11 is 0. The average molecular weight is 873 g/mol. The number of benzene rings is 2. The van der Waals surface area contributed by atoms with Gasteiger partial charge >= 0.3 is 24.1 Å². The Bertz CT molecular complexity index is 2200. The minimum atomic E-state index is -0.900. The van der Waals surface area contributed by atoms with Crippen molar-refractivity contribution in [3.63, 3.8) is 0 Å². The predicted molar refractivity (Wildman–Crippen MR) is 234 cm³/mol. The first-order valence-corrected chi connectivity index (χ1v) is 20.8. The van der Waals surface area contributed by atoms with Gasteiger partial charge < -0.3 is 33.5 Å². The molecule has 0 radical (unpaired) electrons. The van der Waals surface area contributed by atoms with Crippen LogP contribution in [0.25, 0.3) is 0 Å². The van der Waals surface area contributed by atoms with E-state index in [0.717, 1.165) is 22.6 Å². The van der Waals surface area contributed by atoms with Crippen molar-refractivity contribution in [2.24, 2.45) is 0 Å². The Hall–Kier alpha value is -6.59. The van der Waals surface area contributed by atoms with E-state index in [2.05, 4.69) is 27.2 Å². The second kappa shape index (κ2) is 20.5. The molecule has 2 amide bonds. The molecule has 6 rings (SSSR count). The molecule has 0 bridgehead atoms. The van der Waals surface area contributed by atoms with Crippen LogP contribution in [-0.2, 0) is 46.4 Å². The molecule has 0 N–H and O–H groups in total. The van der Waals surface area contributed by atoms with Gasteiger partial charge in [0.25, 0.3) is 6.47 Å². The predicted octanol–water partition coefficient (Wildman–Crippen LogP) is 5.21. The lowest BCUT2D eigenvalue weighted by Gasteiger charge is -2.41. The van der Waals surface area contributed by atoms with E-state index in [1.54, 1.807) is 53.1 Å². The Kier molecular flexibility index (Phi) is 15.5. The maximum absolute atomic E-state index is 12.8. The van der Waals surface area contributed by atoms with Crippen LogP contribution in [0.4, 0.5) is 21.2 Å². The Labute approximate surface area is 368 Å². The molecule has 4 aromatic rings. The molecule has 340 valence electrons.